The average Bonchev–Trinajstić information content (AvgIpc) is 3.61. The highest BCUT2D eigenvalue weighted by atomic mass is 19.4. The van der Waals surface area contributed by atoms with Crippen LogP contribution in [-0.4, -0.2) is 51.2 Å². The number of fused-ring (bicyclic) bond motifs is 2. The maximum Gasteiger partial charge on any atom is 0.573 e. The Morgan fingerprint density at radius 1 is 1.00 bits per heavy atom. The van der Waals surface area contributed by atoms with Crippen molar-refractivity contribution in [3.05, 3.63) is 108 Å². The number of nitrogens with zero attached hydrogens (tertiary/aromatic N) is 1. The molecule has 2 aliphatic heterocycles. The molecule has 0 aliphatic carbocycles. The lowest BCUT2D eigenvalue weighted by Crippen LogP contribution is -2.57. The first-order valence-electron chi connectivity index (χ1n) is 13.6. The summed E-state index contributed by atoms with van der Waals surface area (Å²) in [5.74, 6) is -5.64. The van der Waals surface area contributed by atoms with Crippen molar-refractivity contribution in [2.45, 2.75) is 24.4 Å². The Labute approximate surface area is 243 Å². The number of alkyl halides is 3. The number of imide groups is 1. The van der Waals surface area contributed by atoms with Crippen LogP contribution in [0.5, 0.6) is 5.75 Å². The van der Waals surface area contributed by atoms with Gasteiger partial charge in [0.05, 0.1) is 11.8 Å². The number of rotatable bonds is 8. The van der Waals surface area contributed by atoms with E-state index in [2.05, 4.69) is 15.0 Å². The van der Waals surface area contributed by atoms with Gasteiger partial charge in [0.1, 0.15) is 11.3 Å². The van der Waals surface area contributed by atoms with E-state index in [4.69, 9.17) is 0 Å². The smallest absolute Gasteiger partial charge is 0.480 e. The van der Waals surface area contributed by atoms with Gasteiger partial charge < -0.3 is 14.8 Å². The molecule has 3 aromatic carbocycles. The molecule has 43 heavy (non-hydrogen) atoms. The van der Waals surface area contributed by atoms with Crippen molar-refractivity contribution in [3.63, 3.8) is 0 Å². The van der Waals surface area contributed by atoms with E-state index in [1.165, 1.54) is 12.1 Å². The molecule has 1 aromatic heterocycles. The number of aromatic nitrogens is 1. The molecule has 2 amide bonds. The highest BCUT2D eigenvalue weighted by Gasteiger charge is 2.68. The zero-order valence-electron chi connectivity index (χ0n) is 22.5. The van der Waals surface area contributed by atoms with E-state index < -0.39 is 53.3 Å². The van der Waals surface area contributed by atoms with Crippen LogP contribution >= 0.6 is 0 Å². The number of ether oxygens (including phenoxy) is 1. The maximum atomic E-state index is 14.0. The molecule has 0 radical (unpaired) electrons. The summed E-state index contributed by atoms with van der Waals surface area (Å²) in [4.78, 5) is 45.2. The van der Waals surface area contributed by atoms with Crippen LogP contribution in [0.2, 0.25) is 0 Å². The van der Waals surface area contributed by atoms with Crippen molar-refractivity contribution in [2.75, 3.05) is 6.54 Å². The van der Waals surface area contributed by atoms with Crippen molar-refractivity contribution >= 4 is 34.8 Å². The van der Waals surface area contributed by atoms with E-state index in [0.717, 1.165) is 33.5 Å². The molecule has 6 rings (SSSR count). The zero-order chi connectivity index (χ0) is 30.4. The SMILES string of the molecule is O=C1C2C(c3cccc(OC(F)(F)F)c3)NC(Cc3c[nH]c4ccccc34)(C(=O)O)C2C(=O)N1CC=Cc1ccccc1. The highest BCUT2D eigenvalue weighted by molar-refractivity contribution is 6.09. The lowest BCUT2D eigenvalue weighted by molar-refractivity contribution is -0.274. The van der Waals surface area contributed by atoms with E-state index >= 15 is 0 Å². The highest BCUT2D eigenvalue weighted by Crippen LogP contribution is 2.50. The number of carbonyl (C=O) groups excluding carboxylic acids is 2. The summed E-state index contributed by atoms with van der Waals surface area (Å²) in [7, 11) is 0. The number of halogens is 3. The maximum absolute atomic E-state index is 14.0. The molecule has 0 saturated carbocycles. The summed E-state index contributed by atoms with van der Waals surface area (Å²) < 4.78 is 43.1. The minimum atomic E-state index is -4.95. The minimum absolute atomic E-state index is 0.0910. The van der Waals surface area contributed by atoms with E-state index in [0.29, 0.717) is 5.56 Å². The standard InChI is InChI=1S/C32H26F3N3O5/c33-32(34,35)43-22-12-6-11-20(16-22)27-25-26(29(40)38(28(25)39)15-7-10-19-8-2-1-3-9-19)31(37-27,30(41)42)17-21-18-36-24-14-5-4-13-23(21)24/h1-14,16,18,25-27,36-37H,15,17H2,(H,41,42). The van der Waals surface area contributed by atoms with Gasteiger partial charge in [-0.05, 0) is 34.9 Å². The van der Waals surface area contributed by atoms with Crippen molar-refractivity contribution in [3.8, 4) is 5.75 Å². The Bertz CT molecular complexity index is 1730. The van der Waals surface area contributed by atoms with Crippen LogP contribution in [0.3, 0.4) is 0 Å². The van der Waals surface area contributed by atoms with E-state index in [1.807, 2.05) is 48.5 Å². The van der Waals surface area contributed by atoms with Gasteiger partial charge in [-0.3, -0.25) is 24.6 Å². The summed E-state index contributed by atoms with van der Waals surface area (Å²) in [5.41, 5.74) is 0.485. The lowest BCUT2D eigenvalue weighted by Gasteiger charge is -2.31. The molecule has 0 bridgehead atoms. The minimum Gasteiger partial charge on any atom is -0.480 e. The van der Waals surface area contributed by atoms with Crippen LogP contribution in [0.15, 0.2) is 91.1 Å². The third-order valence-electron chi connectivity index (χ3n) is 8.12. The number of benzene rings is 3. The largest absolute Gasteiger partial charge is 0.573 e. The topological polar surface area (TPSA) is 112 Å². The summed E-state index contributed by atoms with van der Waals surface area (Å²) in [6.07, 6.45) is -0.0487. The molecule has 4 aromatic rings. The number of carboxylic acids is 1. The Morgan fingerprint density at radius 3 is 2.49 bits per heavy atom. The number of nitrogens with one attached hydrogen (secondary N) is 2. The number of likely N-dealkylation sites (tertiary alicyclic amines) is 1. The number of hydrogen-bond donors (Lipinski definition) is 3. The third kappa shape index (κ3) is 5.16. The molecule has 3 heterocycles. The van der Waals surface area contributed by atoms with Crippen LogP contribution in [-0.2, 0) is 20.8 Å². The molecule has 2 saturated heterocycles. The number of aromatic amines is 1. The van der Waals surface area contributed by atoms with Crippen LogP contribution in [0.4, 0.5) is 13.2 Å². The van der Waals surface area contributed by atoms with Gasteiger partial charge in [-0.25, -0.2) is 0 Å². The second kappa shape index (κ2) is 10.7. The number of carbonyl (C=O) groups is 3. The number of amides is 2. The molecule has 8 nitrogen and oxygen atoms in total. The monoisotopic (exact) mass is 589 g/mol. The summed E-state index contributed by atoms with van der Waals surface area (Å²) in [6, 6.07) is 20.5. The van der Waals surface area contributed by atoms with E-state index in [9.17, 15) is 32.7 Å². The first-order valence-corrected chi connectivity index (χ1v) is 13.6. The molecular weight excluding hydrogens is 563 g/mol. The lowest BCUT2D eigenvalue weighted by atomic mass is 9.76. The van der Waals surface area contributed by atoms with Crippen molar-refractivity contribution in [1.82, 2.24) is 15.2 Å². The molecule has 4 unspecified atom stereocenters. The van der Waals surface area contributed by atoms with Crippen LogP contribution in [0.25, 0.3) is 17.0 Å². The van der Waals surface area contributed by atoms with Gasteiger partial charge in [-0.2, -0.15) is 0 Å². The molecule has 0 spiro atoms. The molecule has 220 valence electrons. The van der Waals surface area contributed by atoms with Crippen LogP contribution in [0, 0.1) is 11.8 Å². The summed E-state index contributed by atoms with van der Waals surface area (Å²) in [6.45, 7) is -0.0910. The van der Waals surface area contributed by atoms with Gasteiger partial charge in [0.15, 0.2) is 0 Å². The van der Waals surface area contributed by atoms with E-state index in [-0.39, 0.29) is 18.5 Å². The first-order chi connectivity index (χ1) is 20.6. The van der Waals surface area contributed by atoms with Gasteiger partial charge >= 0.3 is 12.3 Å². The van der Waals surface area contributed by atoms with Crippen LogP contribution < -0.4 is 10.1 Å². The number of aliphatic carboxylic acids is 1. The average molecular weight is 590 g/mol. The molecule has 2 fully saturated rings. The molecule has 4 atom stereocenters. The molecule has 11 heteroatoms. The predicted molar refractivity (Wildman–Crippen MR) is 151 cm³/mol. The van der Waals surface area contributed by atoms with Crippen molar-refractivity contribution < 1.29 is 37.4 Å². The zero-order valence-corrected chi connectivity index (χ0v) is 22.5. The predicted octanol–water partition coefficient (Wildman–Crippen LogP) is 5.09. The fraction of sp³-hybridized carbons (Fsp3) is 0.219. The van der Waals surface area contributed by atoms with E-state index in [1.54, 1.807) is 24.4 Å². The van der Waals surface area contributed by atoms with Crippen molar-refractivity contribution in [1.29, 1.82) is 0 Å². The Kier molecular flexibility index (Phi) is 7.05. The van der Waals surface area contributed by atoms with Gasteiger partial charge in [0.2, 0.25) is 11.8 Å². The fourth-order valence-corrected chi connectivity index (χ4v) is 6.31. The fourth-order valence-electron chi connectivity index (χ4n) is 6.31. The Morgan fingerprint density at radius 2 is 1.74 bits per heavy atom. The number of H-pyrrole nitrogens is 1. The van der Waals surface area contributed by atoms with Crippen LogP contribution in [0.1, 0.15) is 22.7 Å². The normalized spacial score (nSPS) is 23.8. The van der Waals surface area contributed by atoms with Gasteiger partial charge in [-0.15, -0.1) is 13.2 Å². The van der Waals surface area contributed by atoms with Gasteiger partial charge in [0, 0.05) is 36.1 Å². The second-order valence-electron chi connectivity index (χ2n) is 10.7. The Balaban J connectivity index is 1.41. The van der Waals surface area contributed by atoms with Gasteiger partial charge in [-0.1, -0.05) is 72.8 Å². The Hall–Kier alpha value is -4.90. The molecular formula is C32H26F3N3O5. The first kappa shape index (κ1) is 28.2. The third-order valence-corrected chi connectivity index (χ3v) is 8.12. The number of hydrogen-bond acceptors (Lipinski definition) is 5. The molecule has 3 N–H and O–H groups in total. The molecule has 2 aliphatic rings. The number of para-hydroxylation sites is 1. The quantitative estimate of drug-likeness (QED) is 0.247. The summed E-state index contributed by atoms with van der Waals surface area (Å²) in [5, 5.41) is 14.5. The number of carboxylic acid groups (broad SMARTS) is 1. The second-order valence-corrected chi connectivity index (χ2v) is 10.7. The summed E-state index contributed by atoms with van der Waals surface area (Å²) >= 11 is 0. The van der Waals surface area contributed by atoms with Gasteiger partial charge in [0.25, 0.3) is 0 Å². The van der Waals surface area contributed by atoms with Crippen molar-refractivity contribution in [2.24, 2.45) is 11.8 Å².